The Morgan fingerprint density at radius 1 is 1.22 bits per heavy atom. The maximum Gasteiger partial charge on any atom is 0.159 e. The Balaban J connectivity index is 2.39. The van der Waals surface area contributed by atoms with Gasteiger partial charge in [0.2, 0.25) is 0 Å². The second kappa shape index (κ2) is 7.74. The Bertz CT molecular complexity index is 371. The van der Waals surface area contributed by atoms with Gasteiger partial charge in [-0.3, -0.25) is 0 Å². The quantitative estimate of drug-likeness (QED) is 0.746. The highest BCUT2D eigenvalue weighted by Crippen LogP contribution is 2.24. The summed E-state index contributed by atoms with van der Waals surface area (Å²) in [5, 5.41) is 3.77. The molecule has 0 amide bonds. The molecule has 0 bridgehead atoms. The van der Waals surface area contributed by atoms with Gasteiger partial charge < -0.3 is 5.32 Å². The fourth-order valence-electron chi connectivity index (χ4n) is 1.73. The maximum absolute atomic E-state index is 13.0. The summed E-state index contributed by atoms with van der Waals surface area (Å²) >= 11 is 1.56. The number of halogens is 2. The van der Waals surface area contributed by atoms with E-state index in [9.17, 15) is 8.78 Å². The first-order valence-electron chi connectivity index (χ1n) is 6.38. The molecule has 0 aliphatic carbocycles. The molecule has 1 rings (SSSR count). The van der Waals surface area contributed by atoms with Gasteiger partial charge in [0.15, 0.2) is 11.6 Å². The Kier molecular flexibility index (Phi) is 6.65. The highest BCUT2D eigenvalue weighted by Gasteiger charge is 2.09. The number of hydrogen-bond donors (Lipinski definition) is 1. The first kappa shape index (κ1) is 15.4. The average Bonchev–Trinajstić information content (AvgIpc) is 2.32. The summed E-state index contributed by atoms with van der Waals surface area (Å²) in [7, 11) is 0. The molecule has 0 saturated carbocycles. The minimum Gasteiger partial charge on any atom is -0.313 e. The zero-order valence-electron chi connectivity index (χ0n) is 11.2. The van der Waals surface area contributed by atoms with Crippen LogP contribution in [0.5, 0.6) is 0 Å². The van der Waals surface area contributed by atoms with E-state index in [0.717, 1.165) is 17.9 Å². The molecule has 0 aliphatic heterocycles. The average molecular weight is 273 g/mol. The van der Waals surface area contributed by atoms with Gasteiger partial charge >= 0.3 is 0 Å². The monoisotopic (exact) mass is 273 g/mol. The summed E-state index contributed by atoms with van der Waals surface area (Å²) in [5.41, 5.74) is 0. The lowest BCUT2D eigenvalue weighted by atomic mass is 10.2. The largest absolute Gasteiger partial charge is 0.313 e. The molecule has 18 heavy (non-hydrogen) atoms. The molecule has 2 unspecified atom stereocenters. The van der Waals surface area contributed by atoms with Crippen LogP contribution in [0.1, 0.15) is 33.6 Å². The van der Waals surface area contributed by atoms with Gasteiger partial charge in [0.05, 0.1) is 0 Å². The Hall–Kier alpha value is -0.610. The zero-order valence-corrected chi connectivity index (χ0v) is 12.0. The molecule has 0 radical (unpaired) electrons. The summed E-state index contributed by atoms with van der Waals surface area (Å²) in [6.45, 7) is 7.28. The molecule has 0 saturated heterocycles. The summed E-state index contributed by atoms with van der Waals surface area (Å²) in [4.78, 5) is 0.770. The highest BCUT2D eigenvalue weighted by molar-refractivity contribution is 8.00. The van der Waals surface area contributed by atoms with E-state index < -0.39 is 11.6 Å². The third-order valence-corrected chi connectivity index (χ3v) is 3.80. The van der Waals surface area contributed by atoms with Gasteiger partial charge in [-0.15, -0.1) is 11.8 Å². The molecule has 102 valence electrons. The summed E-state index contributed by atoms with van der Waals surface area (Å²) in [6.07, 6.45) is 2.32. The zero-order chi connectivity index (χ0) is 13.5. The Morgan fingerprint density at radius 3 is 2.56 bits per heavy atom. The van der Waals surface area contributed by atoms with Crippen molar-refractivity contribution >= 4 is 11.8 Å². The number of rotatable bonds is 7. The van der Waals surface area contributed by atoms with Crippen molar-refractivity contribution in [3.05, 3.63) is 29.8 Å². The number of thioether (sulfide) groups is 1. The standard InChI is InChI=1S/C14H21F2NS/c1-4-5-10(2)17-9-11(3)18-12-6-7-13(15)14(16)8-12/h6-8,10-11,17H,4-5,9H2,1-3H3. The molecule has 1 nitrogen and oxygen atoms in total. The lowest BCUT2D eigenvalue weighted by Gasteiger charge is -2.17. The Morgan fingerprint density at radius 2 is 1.94 bits per heavy atom. The van der Waals surface area contributed by atoms with Crippen LogP contribution in [0.4, 0.5) is 8.78 Å². The van der Waals surface area contributed by atoms with Crippen molar-refractivity contribution in [2.24, 2.45) is 0 Å². The molecule has 1 N–H and O–H groups in total. The predicted octanol–water partition coefficient (Wildman–Crippen LogP) is 4.22. The van der Waals surface area contributed by atoms with Crippen molar-refractivity contribution in [1.29, 1.82) is 0 Å². The first-order valence-corrected chi connectivity index (χ1v) is 7.26. The van der Waals surface area contributed by atoms with Crippen LogP contribution < -0.4 is 5.32 Å². The fraction of sp³-hybridized carbons (Fsp3) is 0.571. The molecule has 0 aliphatic rings. The van der Waals surface area contributed by atoms with Crippen molar-refractivity contribution in [3.8, 4) is 0 Å². The molecule has 0 heterocycles. The summed E-state index contributed by atoms with van der Waals surface area (Å²) < 4.78 is 25.8. The lowest BCUT2D eigenvalue weighted by molar-refractivity contribution is 0.505. The van der Waals surface area contributed by atoms with Gasteiger partial charge in [0.25, 0.3) is 0 Å². The van der Waals surface area contributed by atoms with Crippen LogP contribution in [0, 0.1) is 11.6 Å². The highest BCUT2D eigenvalue weighted by atomic mass is 32.2. The molecule has 2 atom stereocenters. The predicted molar refractivity (Wildman–Crippen MR) is 74.0 cm³/mol. The molecule has 1 aromatic carbocycles. The smallest absolute Gasteiger partial charge is 0.159 e. The summed E-state index contributed by atoms with van der Waals surface area (Å²) in [6, 6.07) is 4.56. The van der Waals surface area contributed by atoms with E-state index in [4.69, 9.17) is 0 Å². The van der Waals surface area contributed by atoms with Crippen molar-refractivity contribution in [2.75, 3.05) is 6.54 Å². The molecule has 4 heteroatoms. The van der Waals surface area contributed by atoms with E-state index in [1.54, 1.807) is 17.8 Å². The molecule has 0 aromatic heterocycles. The van der Waals surface area contributed by atoms with Crippen molar-refractivity contribution in [3.63, 3.8) is 0 Å². The molecule has 0 spiro atoms. The third kappa shape index (κ3) is 5.36. The third-order valence-electron chi connectivity index (χ3n) is 2.70. The van der Waals surface area contributed by atoms with Crippen LogP contribution >= 0.6 is 11.8 Å². The van der Waals surface area contributed by atoms with Crippen LogP contribution in [0.15, 0.2) is 23.1 Å². The molecular weight excluding hydrogens is 252 g/mol. The molecule has 0 fully saturated rings. The minimum atomic E-state index is -0.790. The van der Waals surface area contributed by atoms with Crippen LogP contribution in [0.25, 0.3) is 0 Å². The fourth-order valence-corrected chi connectivity index (χ4v) is 2.69. The van der Waals surface area contributed by atoms with Crippen LogP contribution in [0.2, 0.25) is 0 Å². The van der Waals surface area contributed by atoms with E-state index >= 15 is 0 Å². The van der Waals surface area contributed by atoms with Gasteiger partial charge in [0, 0.05) is 22.7 Å². The molecular formula is C14H21F2NS. The summed E-state index contributed by atoms with van der Waals surface area (Å²) in [5.74, 6) is -1.57. The van der Waals surface area contributed by atoms with Crippen LogP contribution in [-0.2, 0) is 0 Å². The maximum atomic E-state index is 13.0. The van der Waals surface area contributed by atoms with Gasteiger partial charge in [-0.05, 0) is 31.5 Å². The van der Waals surface area contributed by atoms with E-state index in [0.29, 0.717) is 11.3 Å². The van der Waals surface area contributed by atoms with E-state index in [1.165, 1.54) is 18.6 Å². The van der Waals surface area contributed by atoms with Crippen LogP contribution in [0.3, 0.4) is 0 Å². The number of benzene rings is 1. The first-order chi connectivity index (χ1) is 8.52. The number of hydrogen-bond acceptors (Lipinski definition) is 2. The van der Waals surface area contributed by atoms with E-state index in [2.05, 4.69) is 26.1 Å². The van der Waals surface area contributed by atoms with Gasteiger partial charge in [-0.1, -0.05) is 20.3 Å². The minimum absolute atomic E-state index is 0.328. The SMILES string of the molecule is CCCC(C)NCC(C)Sc1ccc(F)c(F)c1. The molecule has 1 aromatic rings. The van der Waals surface area contributed by atoms with Crippen molar-refractivity contribution < 1.29 is 8.78 Å². The van der Waals surface area contributed by atoms with E-state index in [1.807, 2.05) is 0 Å². The second-order valence-corrected chi connectivity index (χ2v) is 6.11. The van der Waals surface area contributed by atoms with Crippen molar-refractivity contribution in [1.82, 2.24) is 5.32 Å². The van der Waals surface area contributed by atoms with Gasteiger partial charge in [0.1, 0.15) is 0 Å². The van der Waals surface area contributed by atoms with Gasteiger partial charge in [-0.2, -0.15) is 0 Å². The van der Waals surface area contributed by atoms with E-state index in [-0.39, 0.29) is 0 Å². The second-order valence-electron chi connectivity index (χ2n) is 4.60. The topological polar surface area (TPSA) is 12.0 Å². The number of nitrogens with one attached hydrogen (secondary N) is 1. The normalized spacial score (nSPS) is 14.5. The Labute approximate surface area is 112 Å². The van der Waals surface area contributed by atoms with Crippen LogP contribution in [-0.4, -0.2) is 17.8 Å². The van der Waals surface area contributed by atoms with Gasteiger partial charge in [-0.25, -0.2) is 8.78 Å². The van der Waals surface area contributed by atoms with Crippen molar-refractivity contribution in [2.45, 2.75) is 49.8 Å². The lowest BCUT2D eigenvalue weighted by Crippen LogP contribution is -2.31.